The fraction of sp³-hybridized carbons (Fsp3) is 0.375. The van der Waals surface area contributed by atoms with Gasteiger partial charge < -0.3 is 20.4 Å². The Labute approximate surface area is 130 Å². The van der Waals surface area contributed by atoms with Gasteiger partial charge in [0, 0.05) is 24.7 Å². The van der Waals surface area contributed by atoms with Gasteiger partial charge in [0.15, 0.2) is 0 Å². The average Bonchev–Trinajstić information content (AvgIpc) is 2.44. The van der Waals surface area contributed by atoms with Crippen molar-refractivity contribution in [2.45, 2.75) is 27.0 Å². The van der Waals surface area contributed by atoms with Crippen molar-refractivity contribution in [1.29, 1.82) is 0 Å². The number of nitrogens with one attached hydrogen (secondary N) is 1. The summed E-state index contributed by atoms with van der Waals surface area (Å²) in [5.74, 6) is -1.23. The normalized spacial score (nSPS) is 12.6. The van der Waals surface area contributed by atoms with Crippen LogP contribution in [0.2, 0.25) is 0 Å². The van der Waals surface area contributed by atoms with Crippen LogP contribution in [0.4, 0.5) is 5.69 Å². The number of likely N-dealkylation sites (N-methyl/N-ethyl adjacent to an activating group) is 1. The molecule has 120 valence electrons. The van der Waals surface area contributed by atoms with Gasteiger partial charge in [0.2, 0.25) is 5.91 Å². The van der Waals surface area contributed by atoms with Gasteiger partial charge in [-0.1, -0.05) is 12.1 Å². The van der Waals surface area contributed by atoms with Crippen molar-refractivity contribution in [3.63, 3.8) is 0 Å². The fourth-order valence-electron chi connectivity index (χ4n) is 2.00. The molecular weight excluding hydrogens is 284 g/mol. The Morgan fingerprint density at radius 2 is 1.86 bits per heavy atom. The Morgan fingerprint density at radius 3 is 2.32 bits per heavy atom. The fourth-order valence-corrected chi connectivity index (χ4v) is 2.00. The topological polar surface area (TPSA) is 89.9 Å². The minimum Gasteiger partial charge on any atom is -0.478 e. The number of hydrogen-bond acceptors (Lipinski definition) is 4. The summed E-state index contributed by atoms with van der Waals surface area (Å²) >= 11 is 0. The van der Waals surface area contributed by atoms with Crippen LogP contribution in [0.15, 0.2) is 29.8 Å². The number of carbonyl (C=O) groups excluding carboxylic acids is 1. The van der Waals surface area contributed by atoms with Crippen molar-refractivity contribution in [2.24, 2.45) is 0 Å². The molecule has 0 aliphatic carbocycles. The van der Waals surface area contributed by atoms with Crippen LogP contribution in [0.3, 0.4) is 0 Å². The molecule has 1 rings (SSSR count). The number of nitrogens with zero attached hydrogens (tertiary/aromatic N) is 1. The van der Waals surface area contributed by atoms with Gasteiger partial charge in [-0.25, -0.2) is 4.79 Å². The summed E-state index contributed by atoms with van der Waals surface area (Å²) in [4.78, 5) is 23.6. The van der Waals surface area contributed by atoms with Crippen LogP contribution in [0, 0.1) is 0 Å². The zero-order valence-electron chi connectivity index (χ0n) is 13.0. The summed E-state index contributed by atoms with van der Waals surface area (Å²) in [6, 6.07) is 7.33. The lowest BCUT2D eigenvalue weighted by atomic mass is 10.1. The number of benzene rings is 1. The maximum Gasteiger partial charge on any atom is 0.331 e. The van der Waals surface area contributed by atoms with E-state index in [-0.39, 0.29) is 18.0 Å². The van der Waals surface area contributed by atoms with Crippen molar-refractivity contribution in [1.82, 2.24) is 5.32 Å². The molecular formula is C16H22N2O4. The summed E-state index contributed by atoms with van der Waals surface area (Å²) in [5.41, 5.74) is 1.94. The Balaban J connectivity index is 2.80. The first-order chi connectivity index (χ1) is 10.3. The smallest absolute Gasteiger partial charge is 0.331 e. The summed E-state index contributed by atoms with van der Waals surface area (Å²) in [7, 11) is 0. The van der Waals surface area contributed by atoms with Crippen molar-refractivity contribution in [2.75, 3.05) is 18.0 Å². The molecule has 0 aliphatic rings. The molecule has 0 spiro atoms. The first-order valence-corrected chi connectivity index (χ1v) is 7.05. The molecule has 3 N–H and O–H groups in total. The van der Waals surface area contributed by atoms with E-state index in [0.29, 0.717) is 6.54 Å². The van der Waals surface area contributed by atoms with Crippen LogP contribution in [0.5, 0.6) is 0 Å². The second kappa shape index (κ2) is 8.19. The standard InChI is InChI=1S/C16H22N2O4/c1-4-18(10-15(20)17-12(3)19)14-7-5-13(6-8-14)9-11(2)16(21)22/h5-9,15,20H,4,10H2,1-3H3,(H,17,19)(H,21,22). The minimum atomic E-state index is -0.947. The second-order valence-electron chi connectivity index (χ2n) is 4.98. The first-order valence-electron chi connectivity index (χ1n) is 7.05. The third-order valence-corrected chi connectivity index (χ3v) is 3.12. The monoisotopic (exact) mass is 306 g/mol. The van der Waals surface area contributed by atoms with Gasteiger partial charge in [0.05, 0.1) is 6.54 Å². The molecule has 1 amide bonds. The lowest BCUT2D eigenvalue weighted by molar-refractivity contribution is -0.132. The first kappa shape index (κ1) is 17.7. The molecule has 6 heteroatoms. The summed E-state index contributed by atoms with van der Waals surface area (Å²) in [6.45, 7) is 5.78. The highest BCUT2D eigenvalue weighted by Crippen LogP contribution is 2.17. The van der Waals surface area contributed by atoms with Gasteiger partial charge in [-0.15, -0.1) is 0 Å². The van der Waals surface area contributed by atoms with E-state index >= 15 is 0 Å². The van der Waals surface area contributed by atoms with Crippen LogP contribution in [-0.4, -0.2) is 41.4 Å². The number of carbonyl (C=O) groups is 2. The molecule has 1 atom stereocenters. The van der Waals surface area contributed by atoms with E-state index in [4.69, 9.17) is 5.11 Å². The van der Waals surface area contributed by atoms with Gasteiger partial charge in [-0.05, 0) is 37.6 Å². The Morgan fingerprint density at radius 1 is 1.27 bits per heavy atom. The van der Waals surface area contributed by atoms with Crippen molar-refractivity contribution in [3.05, 3.63) is 35.4 Å². The number of amides is 1. The van der Waals surface area contributed by atoms with E-state index < -0.39 is 12.2 Å². The molecule has 1 unspecified atom stereocenters. The molecule has 0 fully saturated rings. The maximum absolute atomic E-state index is 10.9. The lowest BCUT2D eigenvalue weighted by Gasteiger charge is -2.26. The van der Waals surface area contributed by atoms with E-state index in [2.05, 4.69) is 5.32 Å². The highest BCUT2D eigenvalue weighted by atomic mass is 16.4. The molecule has 0 aromatic heterocycles. The molecule has 1 aromatic carbocycles. The average molecular weight is 306 g/mol. The van der Waals surface area contributed by atoms with Crippen LogP contribution in [-0.2, 0) is 9.59 Å². The quantitative estimate of drug-likeness (QED) is 0.524. The van der Waals surface area contributed by atoms with Gasteiger partial charge >= 0.3 is 5.97 Å². The number of carboxylic acids is 1. The number of carboxylic acid groups (broad SMARTS) is 1. The molecule has 1 aromatic rings. The SMILES string of the molecule is CCN(CC(O)NC(C)=O)c1ccc(C=C(C)C(=O)O)cc1. The third-order valence-electron chi connectivity index (χ3n) is 3.12. The molecule has 0 saturated heterocycles. The number of aliphatic hydroxyl groups excluding tert-OH is 1. The zero-order valence-corrected chi connectivity index (χ0v) is 13.0. The Hall–Kier alpha value is -2.34. The second-order valence-corrected chi connectivity index (χ2v) is 4.98. The van der Waals surface area contributed by atoms with Crippen molar-refractivity contribution < 1.29 is 19.8 Å². The molecule has 6 nitrogen and oxygen atoms in total. The van der Waals surface area contributed by atoms with Crippen molar-refractivity contribution in [3.8, 4) is 0 Å². The van der Waals surface area contributed by atoms with Gasteiger partial charge in [0.1, 0.15) is 6.23 Å². The van der Waals surface area contributed by atoms with Crippen LogP contribution in [0.25, 0.3) is 6.08 Å². The number of aliphatic hydroxyl groups is 1. The van der Waals surface area contributed by atoms with Crippen LogP contribution in [0.1, 0.15) is 26.3 Å². The van der Waals surface area contributed by atoms with E-state index in [0.717, 1.165) is 11.3 Å². The molecule has 0 aliphatic heterocycles. The number of rotatable bonds is 7. The van der Waals surface area contributed by atoms with Gasteiger partial charge in [-0.3, -0.25) is 4.79 Å². The zero-order chi connectivity index (χ0) is 16.7. The maximum atomic E-state index is 10.9. The van der Waals surface area contributed by atoms with E-state index in [1.807, 2.05) is 36.1 Å². The van der Waals surface area contributed by atoms with Gasteiger partial charge in [-0.2, -0.15) is 0 Å². The largest absolute Gasteiger partial charge is 0.478 e. The van der Waals surface area contributed by atoms with Gasteiger partial charge in [0.25, 0.3) is 0 Å². The predicted octanol–water partition coefficient (Wildman–Crippen LogP) is 1.46. The Bertz CT molecular complexity index is 552. The minimum absolute atomic E-state index is 0.265. The molecule has 0 radical (unpaired) electrons. The number of anilines is 1. The molecule has 0 saturated carbocycles. The highest BCUT2D eigenvalue weighted by Gasteiger charge is 2.11. The number of aliphatic carboxylic acids is 1. The molecule has 22 heavy (non-hydrogen) atoms. The van der Waals surface area contributed by atoms with Crippen LogP contribution >= 0.6 is 0 Å². The molecule has 0 heterocycles. The number of hydrogen-bond donors (Lipinski definition) is 3. The van der Waals surface area contributed by atoms with Crippen molar-refractivity contribution >= 4 is 23.6 Å². The summed E-state index contributed by atoms with van der Waals surface area (Å²) in [5, 5.41) is 21.1. The van der Waals surface area contributed by atoms with E-state index in [1.165, 1.54) is 6.92 Å². The summed E-state index contributed by atoms with van der Waals surface area (Å²) in [6.07, 6.45) is 0.653. The van der Waals surface area contributed by atoms with Crippen LogP contribution < -0.4 is 10.2 Å². The molecule has 0 bridgehead atoms. The Kier molecular flexibility index (Phi) is 6.59. The predicted molar refractivity (Wildman–Crippen MR) is 85.4 cm³/mol. The highest BCUT2D eigenvalue weighted by molar-refractivity contribution is 5.91. The third kappa shape index (κ3) is 5.57. The van der Waals surface area contributed by atoms with E-state index in [1.54, 1.807) is 13.0 Å². The van der Waals surface area contributed by atoms with E-state index in [9.17, 15) is 14.7 Å². The summed E-state index contributed by atoms with van der Waals surface area (Å²) < 4.78 is 0. The lowest BCUT2D eigenvalue weighted by Crippen LogP contribution is -2.43.